The predicted molar refractivity (Wildman–Crippen MR) is 86.6 cm³/mol. The summed E-state index contributed by atoms with van der Waals surface area (Å²) in [5.41, 5.74) is -0.168. The van der Waals surface area contributed by atoms with Crippen molar-refractivity contribution in [3.8, 4) is 0 Å². The third kappa shape index (κ3) is 5.90. The molecule has 1 aromatic rings. The second kappa shape index (κ2) is 7.65. The monoisotopic (exact) mass is 365 g/mol. The minimum Gasteiger partial charge on any atom is -0.469 e. The maximum absolute atomic E-state index is 13.0. The molecular formula is C16H22F3NO3S. The zero-order valence-corrected chi connectivity index (χ0v) is 15.1. The Bertz CT molecular complexity index is 624. The second-order valence-corrected chi connectivity index (χ2v) is 8.46. The van der Waals surface area contributed by atoms with Gasteiger partial charge in [-0.2, -0.15) is 13.2 Å². The fraction of sp³-hybridized carbons (Fsp3) is 0.562. The van der Waals surface area contributed by atoms with Crippen molar-refractivity contribution >= 4 is 17.0 Å². The number of aryl methyl sites for hydroxylation is 1. The highest BCUT2D eigenvalue weighted by Crippen LogP contribution is 2.33. The lowest BCUT2D eigenvalue weighted by molar-refractivity contribution is -0.141. The zero-order chi connectivity index (χ0) is 18.7. The van der Waals surface area contributed by atoms with Crippen LogP contribution in [0.1, 0.15) is 49.9 Å². The molecule has 1 aromatic carbocycles. The molecule has 0 saturated heterocycles. The van der Waals surface area contributed by atoms with Crippen LogP contribution in [0.25, 0.3) is 0 Å². The molecule has 0 saturated carbocycles. The first-order valence-corrected chi connectivity index (χ1v) is 8.43. The SMILES string of the molecule is COC(=O)C[C@H](N[S@](=O)C(C)(C)C)c1cc(C)cc(C(F)(F)F)c1. The number of hydrogen-bond acceptors (Lipinski definition) is 3. The summed E-state index contributed by atoms with van der Waals surface area (Å²) in [4.78, 5) is 11.6. The molecule has 0 aliphatic rings. The van der Waals surface area contributed by atoms with Crippen molar-refractivity contribution in [1.82, 2.24) is 4.72 Å². The molecule has 1 N–H and O–H groups in total. The summed E-state index contributed by atoms with van der Waals surface area (Å²) < 4.78 is 58.1. The van der Waals surface area contributed by atoms with Gasteiger partial charge in [0.1, 0.15) is 0 Å². The van der Waals surface area contributed by atoms with Crippen molar-refractivity contribution in [2.75, 3.05) is 7.11 Å². The van der Waals surface area contributed by atoms with Crippen molar-refractivity contribution in [1.29, 1.82) is 0 Å². The fourth-order valence-electron chi connectivity index (χ4n) is 1.96. The Hall–Kier alpha value is -1.41. The fourth-order valence-corrected chi connectivity index (χ4v) is 2.79. The standard InChI is InChI=1S/C16H22F3NO3S/c1-10-6-11(8-12(7-10)16(17,18)19)13(9-14(21)23-5)20-24(22)15(2,3)4/h6-8,13,20H,9H2,1-5H3/t13-,24+/m0/s1. The van der Waals surface area contributed by atoms with E-state index in [9.17, 15) is 22.2 Å². The average Bonchev–Trinajstić information content (AvgIpc) is 2.43. The van der Waals surface area contributed by atoms with Gasteiger partial charge in [0, 0.05) is 0 Å². The van der Waals surface area contributed by atoms with Crippen molar-refractivity contribution in [3.63, 3.8) is 0 Å². The number of benzene rings is 1. The van der Waals surface area contributed by atoms with Gasteiger partial charge in [0.25, 0.3) is 0 Å². The van der Waals surface area contributed by atoms with Crippen LogP contribution in [-0.2, 0) is 26.7 Å². The minimum absolute atomic E-state index is 0.223. The molecular weight excluding hydrogens is 343 g/mol. The van der Waals surface area contributed by atoms with Gasteiger partial charge in [-0.1, -0.05) is 11.6 Å². The van der Waals surface area contributed by atoms with Crippen molar-refractivity contribution in [3.05, 3.63) is 34.9 Å². The van der Waals surface area contributed by atoms with Crippen molar-refractivity contribution < 1.29 is 26.9 Å². The molecule has 0 amide bonds. The van der Waals surface area contributed by atoms with Crippen LogP contribution in [0.5, 0.6) is 0 Å². The summed E-state index contributed by atoms with van der Waals surface area (Å²) in [7, 11) is -0.368. The van der Waals surface area contributed by atoms with E-state index in [4.69, 9.17) is 0 Å². The largest absolute Gasteiger partial charge is 0.469 e. The molecule has 24 heavy (non-hydrogen) atoms. The zero-order valence-electron chi connectivity index (χ0n) is 14.3. The lowest BCUT2D eigenvalue weighted by Crippen LogP contribution is -2.36. The number of rotatable bonds is 5. The first kappa shape index (κ1) is 20.6. The third-order valence-corrected chi connectivity index (χ3v) is 4.84. The van der Waals surface area contributed by atoms with Crippen LogP contribution < -0.4 is 4.72 Å². The Labute approximate surface area is 142 Å². The van der Waals surface area contributed by atoms with Crippen LogP contribution >= 0.6 is 0 Å². The number of esters is 1. The van der Waals surface area contributed by atoms with E-state index < -0.39 is 39.5 Å². The number of methoxy groups -OCH3 is 1. The van der Waals surface area contributed by atoms with Gasteiger partial charge in [0.05, 0.1) is 40.9 Å². The van der Waals surface area contributed by atoms with E-state index in [1.807, 2.05) is 0 Å². The first-order chi connectivity index (χ1) is 10.8. The summed E-state index contributed by atoms with van der Waals surface area (Å²) >= 11 is 0. The number of alkyl halides is 3. The molecule has 0 aliphatic heterocycles. The molecule has 136 valence electrons. The van der Waals surface area contributed by atoms with E-state index in [0.717, 1.165) is 12.1 Å². The summed E-state index contributed by atoms with van der Waals surface area (Å²) in [6, 6.07) is 2.68. The molecule has 4 nitrogen and oxygen atoms in total. The maximum Gasteiger partial charge on any atom is 0.416 e. The average molecular weight is 365 g/mol. The van der Waals surface area contributed by atoms with Gasteiger partial charge in [0.2, 0.25) is 0 Å². The van der Waals surface area contributed by atoms with Gasteiger partial charge in [-0.3, -0.25) is 4.79 Å². The van der Waals surface area contributed by atoms with E-state index in [2.05, 4.69) is 9.46 Å². The molecule has 2 atom stereocenters. The highest BCUT2D eigenvalue weighted by atomic mass is 32.2. The summed E-state index contributed by atoms with van der Waals surface area (Å²) in [5.74, 6) is -0.603. The molecule has 0 radical (unpaired) electrons. The smallest absolute Gasteiger partial charge is 0.416 e. The Morgan fingerprint density at radius 3 is 2.29 bits per heavy atom. The van der Waals surface area contributed by atoms with E-state index >= 15 is 0 Å². The summed E-state index contributed by atoms with van der Waals surface area (Å²) in [5, 5.41) is 0. The highest BCUT2D eigenvalue weighted by molar-refractivity contribution is 7.84. The number of carbonyl (C=O) groups excluding carboxylic acids is 1. The van der Waals surface area contributed by atoms with Gasteiger partial charge in [-0.05, 0) is 45.4 Å². The van der Waals surface area contributed by atoms with Crippen LogP contribution in [0, 0.1) is 6.92 Å². The van der Waals surface area contributed by atoms with Gasteiger partial charge >= 0.3 is 12.1 Å². The van der Waals surface area contributed by atoms with Gasteiger partial charge in [-0.25, -0.2) is 8.93 Å². The van der Waals surface area contributed by atoms with Crippen molar-refractivity contribution in [2.24, 2.45) is 0 Å². The van der Waals surface area contributed by atoms with E-state index in [0.29, 0.717) is 5.56 Å². The molecule has 0 heterocycles. The predicted octanol–water partition coefficient (Wildman–Crippen LogP) is 3.67. The maximum atomic E-state index is 13.0. The van der Waals surface area contributed by atoms with E-state index in [1.54, 1.807) is 20.8 Å². The molecule has 0 spiro atoms. The second-order valence-electron chi connectivity index (χ2n) is 6.46. The first-order valence-electron chi connectivity index (χ1n) is 7.28. The van der Waals surface area contributed by atoms with Gasteiger partial charge in [-0.15, -0.1) is 0 Å². The number of ether oxygens (including phenoxy) is 1. The summed E-state index contributed by atoms with van der Waals surface area (Å²) in [6.45, 7) is 6.71. The number of halogens is 3. The molecule has 0 unspecified atom stereocenters. The molecule has 0 fully saturated rings. The number of nitrogens with one attached hydrogen (secondary N) is 1. The Balaban J connectivity index is 3.26. The van der Waals surface area contributed by atoms with Gasteiger partial charge < -0.3 is 4.74 Å². The summed E-state index contributed by atoms with van der Waals surface area (Å²) in [6.07, 6.45) is -4.72. The topological polar surface area (TPSA) is 55.4 Å². The van der Waals surface area contributed by atoms with Crippen LogP contribution in [0.15, 0.2) is 18.2 Å². The molecule has 0 aromatic heterocycles. The van der Waals surface area contributed by atoms with E-state index in [1.165, 1.54) is 20.1 Å². The third-order valence-electron chi connectivity index (χ3n) is 3.23. The molecule has 0 bridgehead atoms. The van der Waals surface area contributed by atoms with Gasteiger partial charge in [0.15, 0.2) is 0 Å². The molecule has 8 heteroatoms. The molecule has 1 rings (SSSR count). The van der Waals surface area contributed by atoms with Crippen LogP contribution in [0.2, 0.25) is 0 Å². The number of hydrogen-bond donors (Lipinski definition) is 1. The van der Waals surface area contributed by atoms with Crippen molar-refractivity contribution in [2.45, 2.75) is 51.1 Å². The lowest BCUT2D eigenvalue weighted by atomic mass is 9.99. The normalized spacial score (nSPS) is 15.0. The Kier molecular flexibility index (Phi) is 6.58. The van der Waals surface area contributed by atoms with E-state index in [-0.39, 0.29) is 12.0 Å². The number of carbonyl (C=O) groups is 1. The molecule has 0 aliphatic carbocycles. The highest BCUT2D eigenvalue weighted by Gasteiger charge is 2.32. The Morgan fingerprint density at radius 1 is 1.25 bits per heavy atom. The quantitative estimate of drug-likeness (QED) is 0.810. The van der Waals surface area contributed by atoms with Crippen LogP contribution in [0.4, 0.5) is 13.2 Å². The lowest BCUT2D eigenvalue weighted by Gasteiger charge is -2.25. The minimum atomic E-state index is -4.50. The van der Waals surface area contributed by atoms with Crippen LogP contribution in [-0.4, -0.2) is 22.0 Å². The Morgan fingerprint density at radius 2 is 1.83 bits per heavy atom. The van der Waals surface area contributed by atoms with Crippen LogP contribution in [0.3, 0.4) is 0 Å².